The van der Waals surface area contributed by atoms with Crippen molar-refractivity contribution >= 4 is 33.3 Å². The number of rotatable bonds is 5. The van der Waals surface area contributed by atoms with E-state index in [1.165, 1.54) is 0 Å². The summed E-state index contributed by atoms with van der Waals surface area (Å²) in [6, 6.07) is 16.8. The summed E-state index contributed by atoms with van der Waals surface area (Å²) in [6.07, 6.45) is 6.68. The predicted molar refractivity (Wildman–Crippen MR) is 138 cm³/mol. The highest BCUT2D eigenvalue weighted by Crippen LogP contribution is 2.44. The molecule has 1 fully saturated rings. The van der Waals surface area contributed by atoms with E-state index in [9.17, 15) is 13.2 Å². The summed E-state index contributed by atoms with van der Waals surface area (Å²) < 4.78 is 27.8. The van der Waals surface area contributed by atoms with Crippen molar-refractivity contribution in [3.05, 3.63) is 81.7 Å². The molecule has 0 unspecified atom stereocenters. The third-order valence-corrected chi connectivity index (χ3v) is 9.74. The Bertz CT molecular complexity index is 1210. The van der Waals surface area contributed by atoms with Crippen molar-refractivity contribution < 1.29 is 13.2 Å². The van der Waals surface area contributed by atoms with E-state index in [1.807, 2.05) is 18.2 Å². The molecule has 0 radical (unpaired) electrons. The van der Waals surface area contributed by atoms with Gasteiger partial charge in [-0.15, -0.1) is 0 Å². The van der Waals surface area contributed by atoms with Gasteiger partial charge in [-0.05, 0) is 61.9 Å². The second kappa shape index (κ2) is 10.1. The molecule has 2 aromatic carbocycles. The zero-order valence-electron chi connectivity index (χ0n) is 19.3. The quantitative estimate of drug-likeness (QED) is 0.486. The van der Waals surface area contributed by atoms with E-state index >= 15 is 0 Å². The van der Waals surface area contributed by atoms with Gasteiger partial charge in [-0.25, -0.2) is 8.42 Å². The number of allylic oxidation sites excluding steroid dienone is 1. The molecule has 5 rings (SSSR count). The topological polar surface area (TPSA) is 57.7 Å². The lowest BCUT2D eigenvalue weighted by atomic mass is 10.00. The van der Waals surface area contributed by atoms with Crippen molar-refractivity contribution in [2.75, 3.05) is 19.6 Å². The first-order chi connectivity index (χ1) is 16.6. The van der Waals surface area contributed by atoms with Crippen LogP contribution in [-0.4, -0.2) is 43.0 Å². The molecule has 34 heavy (non-hydrogen) atoms. The monoisotopic (exact) mass is 494 g/mol. The molecule has 5 nitrogen and oxygen atoms in total. The summed E-state index contributed by atoms with van der Waals surface area (Å²) in [7, 11) is -3.52. The Morgan fingerprint density at radius 3 is 2.18 bits per heavy atom. The summed E-state index contributed by atoms with van der Waals surface area (Å²) in [4.78, 5) is 16.1. The van der Waals surface area contributed by atoms with Gasteiger partial charge in [0.15, 0.2) is 5.78 Å². The normalized spacial score (nSPS) is 19.9. The second-order valence-electron chi connectivity index (χ2n) is 9.05. The number of hydrogen-bond acceptors (Lipinski definition) is 5. The van der Waals surface area contributed by atoms with Gasteiger partial charge < -0.3 is 4.90 Å². The van der Waals surface area contributed by atoms with Gasteiger partial charge in [-0.3, -0.25) is 4.79 Å². The van der Waals surface area contributed by atoms with E-state index in [2.05, 4.69) is 22.4 Å². The fourth-order valence-corrected chi connectivity index (χ4v) is 7.57. The number of nitrogens with zero attached hydrogens (tertiary/aromatic N) is 2. The zero-order chi connectivity index (χ0) is 23.5. The van der Waals surface area contributed by atoms with Crippen molar-refractivity contribution in [1.82, 2.24) is 9.21 Å². The van der Waals surface area contributed by atoms with Crippen molar-refractivity contribution in [2.45, 2.75) is 49.8 Å². The summed E-state index contributed by atoms with van der Waals surface area (Å²) in [5.74, 6) is -0.00386. The maximum absolute atomic E-state index is 13.6. The number of Topliss-reactive ketones (excluding diaryl/α,β-unsaturated/α-hetero) is 1. The molecular weight excluding hydrogens is 464 g/mol. The van der Waals surface area contributed by atoms with Gasteiger partial charge in [0.2, 0.25) is 10.0 Å². The Kier molecular flexibility index (Phi) is 6.95. The van der Waals surface area contributed by atoms with E-state index in [-0.39, 0.29) is 10.7 Å². The lowest BCUT2D eigenvalue weighted by molar-refractivity contribution is 0.102. The first-order valence-corrected chi connectivity index (χ1v) is 14.5. The molecule has 3 aliphatic heterocycles. The van der Waals surface area contributed by atoms with Crippen LogP contribution in [0.3, 0.4) is 0 Å². The summed E-state index contributed by atoms with van der Waals surface area (Å²) in [5.41, 5.74) is 3.68. The molecule has 2 aromatic rings. The van der Waals surface area contributed by atoms with Gasteiger partial charge in [0.05, 0.1) is 15.6 Å². The molecule has 178 valence electrons. The molecule has 0 N–H and O–H groups in total. The molecule has 0 amide bonds. The van der Waals surface area contributed by atoms with Crippen LogP contribution in [0, 0.1) is 0 Å². The van der Waals surface area contributed by atoms with E-state index in [0.29, 0.717) is 18.7 Å². The number of ketones is 1. The molecule has 3 aliphatic rings. The largest absolute Gasteiger partial charge is 0.335 e. The Labute approximate surface area is 206 Å². The van der Waals surface area contributed by atoms with Crippen LogP contribution >= 0.6 is 11.8 Å². The van der Waals surface area contributed by atoms with Crippen LogP contribution in [0.1, 0.15) is 60.9 Å². The molecule has 0 saturated carbocycles. The molecule has 7 heteroatoms. The van der Waals surface area contributed by atoms with Crippen molar-refractivity contribution in [2.24, 2.45) is 0 Å². The Morgan fingerprint density at radius 2 is 1.47 bits per heavy atom. The minimum Gasteiger partial charge on any atom is -0.335 e. The molecule has 0 spiro atoms. The fraction of sp³-hybridized carbons (Fsp3) is 0.370. The zero-order valence-corrected chi connectivity index (χ0v) is 20.9. The van der Waals surface area contributed by atoms with Gasteiger partial charge in [0.1, 0.15) is 0 Å². The van der Waals surface area contributed by atoms with Gasteiger partial charge in [0, 0.05) is 36.2 Å². The van der Waals surface area contributed by atoms with Crippen LogP contribution in [-0.2, 0) is 10.0 Å². The van der Waals surface area contributed by atoms with Crippen LogP contribution < -0.4 is 0 Å². The highest BCUT2D eigenvalue weighted by Gasteiger charge is 2.31. The minimum atomic E-state index is -3.52. The minimum absolute atomic E-state index is 0.00386. The highest BCUT2D eigenvalue weighted by molar-refractivity contribution is 8.06. The van der Waals surface area contributed by atoms with Crippen LogP contribution in [0.5, 0.6) is 0 Å². The van der Waals surface area contributed by atoms with Crippen molar-refractivity contribution in [3.8, 4) is 0 Å². The standard InChI is InChI=1S/C27H30N2O3S2/c30-26(22-13-15-23(16-14-22)34(31,32)28-17-7-1-2-8-18-28)24-12-6-9-19-29-25(20-33-27(24)29)21-10-4-3-5-11-21/h3-5,10-11,13-16,20H,1-2,6-9,12,17-19H2. The summed E-state index contributed by atoms with van der Waals surface area (Å²) in [6.45, 7) is 2.04. The van der Waals surface area contributed by atoms with Crippen LogP contribution in [0.25, 0.3) is 5.70 Å². The third-order valence-electron chi connectivity index (χ3n) is 6.80. The lowest BCUT2D eigenvalue weighted by Crippen LogP contribution is -2.31. The maximum Gasteiger partial charge on any atom is 0.243 e. The number of thioether (sulfide) groups is 1. The first-order valence-electron chi connectivity index (χ1n) is 12.1. The van der Waals surface area contributed by atoms with Gasteiger partial charge in [-0.2, -0.15) is 4.31 Å². The van der Waals surface area contributed by atoms with Crippen LogP contribution in [0.4, 0.5) is 0 Å². The first kappa shape index (κ1) is 23.4. The number of carbonyl (C=O) groups excluding carboxylic acids is 1. The van der Waals surface area contributed by atoms with Gasteiger partial charge in [-0.1, -0.05) is 54.9 Å². The van der Waals surface area contributed by atoms with Crippen molar-refractivity contribution in [1.29, 1.82) is 0 Å². The average molecular weight is 495 g/mol. The van der Waals surface area contributed by atoms with Gasteiger partial charge in [0.25, 0.3) is 0 Å². The summed E-state index contributed by atoms with van der Waals surface area (Å²) in [5, 5.41) is 3.16. The number of benzene rings is 2. The Morgan fingerprint density at radius 1 is 0.794 bits per heavy atom. The SMILES string of the molecule is O=C(C1=C2SC=C(c3ccccc3)N2CCCC1)c1ccc(S(=O)(=O)N2CCCCCC2)cc1. The highest BCUT2D eigenvalue weighted by atomic mass is 32.2. The van der Waals surface area contributed by atoms with Crippen LogP contribution in [0.15, 0.2) is 75.5 Å². The number of fused-ring (bicyclic) bond motifs is 1. The molecule has 0 aromatic heterocycles. The number of hydrogen-bond donors (Lipinski definition) is 0. The van der Waals surface area contributed by atoms with Crippen molar-refractivity contribution in [3.63, 3.8) is 0 Å². The predicted octanol–water partition coefficient (Wildman–Crippen LogP) is 5.88. The Hall–Kier alpha value is -2.35. The van der Waals surface area contributed by atoms with Gasteiger partial charge >= 0.3 is 0 Å². The fourth-order valence-electron chi connectivity index (χ4n) is 4.91. The molecule has 0 aliphatic carbocycles. The molecular formula is C27H30N2O3S2. The van der Waals surface area contributed by atoms with E-state index in [1.54, 1.807) is 40.3 Å². The average Bonchev–Trinajstić information content (AvgIpc) is 3.03. The third kappa shape index (κ3) is 4.61. The van der Waals surface area contributed by atoms with E-state index in [0.717, 1.165) is 73.4 Å². The van der Waals surface area contributed by atoms with E-state index in [4.69, 9.17) is 0 Å². The van der Waals surface area contributed by atoms with E-state index < -0.39 is 10.0 Å². The molecule has 3 heterocycles. The maximum atomic E-state index is 13.6. The molecule has 0 atom stereocenters. The Balaban J connectivity index is 1.40. The van der Waals surface area contributed by atoms with Crippen LogP contribution in [0.2, 0.25) is 0 Å². The number of sulfonamides is 1. The summed E-state index contributed by atoms with van der Waals surface area (Å²) >= 11 is 1.62. The lowest BCUT2D eigenvalue weighted by Gasteiger charge is -2.23. The molecule has 0 bridgehead atoms. The number of carbonyl (C=O) groups is 1. The molecule has 1 saturated heterocycles. The second-order valence-corrected chi connectivity index (χ2v) is 11.8. The smallest absolute Gasteiger partial charge is 0.243 e.